The van der Waals surface area contributed by atoms with Crippen molar-refractivity contribution >= 4 is 5.65 Å². The van der Waals surface area contributed by atoms with E-state index in [9.17, 15) is 4.79 Å². The third-order valence-corrected chi connectivity index (χ3v) is 4.00. The third-order valence-electron chi connectivity index (χ3n) is 4.00. The molecule has 3 heterocycles. The Morgan fingerprint density at radius 3 is 2.76 bits per heavy atom. The molecule has 0 aliphatic heterocycles. The number of aryl methyl sites for hydroxylation is 2. The van der Waals surface area contributed by atoms with Crippen LogP contribution in [0.4, 0.5) is 0 Å². The summed E-state index contributed by atoms with van der Waals surface area (Å²) in [6.45, 7) is 4.23. The maximum atomic E-state index is 12.3. The molecule has 1 aromatic carbocycles. The molecular weight excluding hydrogens is 316 g/mol. The first-order chi connectivity index (χ1) is 12.1. The van der Waals surface area contributed by atoms with Crippen LogP contribution in [0.3, 0.4) is 0 Å². The summed E-state index contributed by atoms with van der Waals surface area (Å²) in [6.07, 6.45) is 1.78. The van der Waals surface area contributed by atoms with Crippen LogP contribution in [0.1, 0.15) is 16.8 Å². The van der Waals surface area contributed by atoms with Crippen molar-refractivity contribution in [3.63, 3.8) is 0 Å². The fraction of sp³-hybridized carbons (Fsp3) is 0.167. The highest BCUT2D eigenvalue weighted by Gasteiger charge is 2.10. The number of rotatable bonds is 3. The Morgan fingerprint density at radius 1 is 1.08 bits per heavy atom. The molecule has 4 aromatic rings. The molecule has 0 N–H and O–H groups in total. The van der Waals surface area contributed by atoms with Gasteiger partial charge in [-0.05, 0) is 36.3 Å². The Morgan fingerprint density at radius 2 is 1.92 bits per heavy atom. The summed E-state index contributed by atoms with van der Waals surface area (Å²) in [4.78, 5) is 18.2. The first-order valence-electron chi connectivity index (χ1n) is 7.93. The fourth-order valence-corrected chi connectivity index (χ4v) is 2.73. The van der Waals surface area contributed by atoms with Crippen LogP contribution in [0.2, 0.25) is 0 Å². The van der Waals surface area contributed by atoms with E-state index in [0.717, 1.165) is 16.7 Å². The Kier molecular flexibility index (Phi) is 3.61. The molecule has 3 aromatic heterocycles. The summed E-state index contributed by atoms with van der Waals surface area (Å²) in [7, 11) is 0. The zero-order valence-electron chi connectivity index (χ0n) is 13.9. The second kappa shape index (κ2) is 5.94. The van der Waals surface area contributed by atoms with Gasteiger partial charge in [0.1, 0.15) is 12.2 Å². The van der Waals surface area contributed by atoms with Crippen molar-refractivity contribution in [1.29, 1.82) is 0 Å². The van der Waals surface area contributed by atoms with Gasteiger partial charge in [0.25, 0.3) is 5.56 Å². The van der Waals surface area contributed by atoms with Gasteiger partial charge in [0.15, 0.2) is 0 Å². The van der Waals surface area contributed by atoms with Crippen LogP contribution < -0.4 is 5.56 Å². The second-order valence-electron chi connectivity index (χ2n) is 5.98. The van der Waals surface area contributed by atoms with Crippen molar-refractivity contribution in [3.8, 4) is 11.4 Å². The minimum Gasteiger partial charge on any atom is -0.269 e. The van der Waals surface area contributed by atoms with Crippen LogP contribution in [0.15, 0.2) is 53.5 Å². The van der Waals surface area contributed by atoms with E-state index in [0.29, 0.717) is 23.7 Å². The van der Waals surface area contributed by atoms with Crippen LogP contribution in [-0.2, 0) is 6.54 Å². The summed E-state index contributed by atoms with van der Waals surface area (Å²) >= 11 is 0. The summed E-state index contributed by atoms with van der Waals surface area (Å²) in [5, 5.41) is 12.6. The molecule has 0 amide bonds. The van der Waals surface area contributed by atoms with Gasteiger partial charge in [0, 0.05) is 17.8 Å². The van der Waals surface area contributed by atoms with E-state index in [2.05, 4.69) is 20.4 Å². The van der Waals surface area contributed by atoms with Crippen LogP contribution in [0, 0.1) is 13.8 Å². The summed E-state index contributed by atoms with van der Waals surface area (Å²) in [6, 6.07) is 13.1. The molecule has 0 aliphatic carbocycles. The number of aromatic nitrogens is 6. The van der Waals surface area contributed by atoms with Crippen molar-refractivity contribution in [3.05, 3.63) is 75.8 Å². The maximum absolute atomic E-state index is 12.3. The maximum Gasteiger partial charge on any atom is 0.258 e. The van der Waals surface area contributed by atoms with Gasteiger partial charge in [-0.25, -0.2) is 4.98 Å². The topological polar surface area (TPSA) is 78.0 Å². The molecule has 124 valence electrons. The molecule has 0 bridgehead atoms. The first kappa shape index (κ1) is 15.2. The highest BCUT2D eigenvalue weighted by atomic mass is 16.1. The average Bonchev–Trinajstić information content (AvgIpc) is 3.04. The quantitative estimate of drug-likeness (QED) is 0.573. The number of tetrazole rings is 1. The normalized spacial score (nSPS) is 11.1. The van der Waals surface area contributed by atoms with Crippen molar-refractivity contribution in [1.82, 2.24) is 29.6 Å². The van der Waals surface area contributed by atoms with Gasteiger partial charge in [0.05, 0.1) is 5.69 Å². The van der Waals surface area contributed by atoms with Crippen LogP contribution in [0.5, 0.6) is 0 Å². The van der Waals surface area contributed by atoms with E-state index in [-0.39, 0.29) is 5.56 Å². The van der Waals surface area contributed by atoms with E-state index >= 15 is 0 Å². The number of benzene rings is 1. The van der Waals surface area contributed by atoms with Crippen molar-refractivity contribution in [2.24, 2.45) is 0 Å². The summed E-state index contributed by atoms with van der Waals surface area (Å²) < 4.78 is 1.53. The van der Waals surface area contributed by atoms with Gasteiger partial charge in [-0.1, -0.05) is 30.3 Å². The monoisotopic (exact) mass is 332 g/mol. The molecule has 7 heteroatoms. The number of fused-ring (bicyclic) bond motifs is 1. The van der Waals surface area contributed by atoms with E-state index in [4.69, 9.17) is 0 Å². The molecule has 7 nitrogen and oxygen atoms in total. The zero-order chi connectivity index (χ0) is 17.4. The first-order valence-corrected chi connectivity index (χ1v) is 7.93. The number of hydrogen-bond acceptors (Lipinski definition) is 5. The molecule has 0 radical (unpaired) electrons. The predicted octanol–water partition coefficient (Wildman–Crippen LogP) is 2.01. The van der Waals surface area contributed by atoms with Gasteiger partial charge in [-0.15, -0.1) is 10.2 Å². The Balaban J connectivity index is 1.67. The van der Waals surface area contributed by atoms with E-state index < -0.39 is 0 Å². The van der Waals surface area contributed by atoms with E-state index in [1.54, 1.807) is 6.20 Å². The lowest BCUT2D eigenvalue weighted by atomic mass is 10.1. The zero-order valence-corrected chi connectivity index (χ0v) is 13.9. The van der Waals surface area contributed by atoms with Gasteiger partial charge < -0.3 is 0 Å². The highest BCUT2D eigenvalue weighted by molar-refractivity contribution is 5.58. The summed E-state index contributed by atoms with van der Waals surface area (Å²) in [5.41, 5.74) is 4.11. The second-order valence-corrected chi connectivity index (χ2v) is 5.98. The minimum atomic E-state index is -0.122. The SMILES string of the molecule is Cc1ccc2nc(Cn3nnc(-c4ccccc4C)n3)cc(=O)n2c1. The Bertz CT molecular complexity index is 1130. The fourth-order valence-electron chi connectivity index (χ4n) is 2.73. The lowest BCUT2D eigenvalue weighted by Crippen LogP contribution is -2.17. The van der Waals surface area contributed by atoms with Crippen LogP contribution in [0.25, 0.3) is 17.0 Å². The van der Waals surface area contributed by atoms with E-state index in [1.807, 2.05) is 50.2 Å². The van der Waals surface area contributed by atoms with Crippen molar-refractivity contribution in [2.45, 2.75) is 20.4 Å². The van der Waals surface area contributed by atoms with Gasteiger partial charge in [0.2, 0.25) is 5.82 Å². The number of hydrogen-bond donors (Lipinski definition) is 0. The lowest BCUT2D eigenvalue weighted by Gasteiger charge is -2.04. The van der Waals surface area contributed by atoms with Gasteiger partial charge in [-0.3, -0.25) is 9.20 Å². The van der Waals surface area contributed by atoms with E-state index in [1.165, 1.54) is 15.3 Å². The lowest BCUT2D eigenvalue weighted by molar-refractivity contribution is 0.564. The summed E-state index contributed by atoms with van der Waals surface area (Å²) in [5.74, 6) is 0.561. The molecule has 0 unspecified atom stereocenters. The van der Waals surface area contributed by atoms with Crippen molar-refractivity contribution < 1.29 is 0 Å². The smallest absolute Gasteiger partial charge is 0.258 e. The largest absolute Gasteiger partial charge is 0.269 e. The molecule has 0 atom stereocenters. The molecule has 0 aliphatic rings. The Labute approximate surface area is 143 Å². The Hall–Kier alpha value is -3.35. The number of pyridine rings is 1. The van der Waals surface area contributed by atoms with Crippen LogP contribution in [-0.4, -0.2) is 29.6 Å². The highest BCUT2D eigenvalue weighted by Crippen LogP contribution is 2.17. The molecule has 0 spiro atoms. The molecular formula is C18H16N6O. The molecule has 0 saturated carbocycles. The van der Waals surface area contributed by atoms with Crippen LogP contribution >= 0.6 is 0 Å². The standard InChI is InChI=1S/C18H16N6O/c1-12-7-8-16-19-14(9-17(25)23(16)10-12)11-24-21-18(20-22-24)15-6-4-3-5-13(15)2/h3-10H,11H2,1-2H3. The molecule has 4 rings (SSSR count). The molecule has 0 saturated heterocycles. The predicted molar refractivity (Wildman–Crippen MR) is 93.3 cm³/mol. The average molecular weight is 332 g/mol. The third kappa shape index (κ3) is 2.91. The van der Waals surface area contributed by atoms with Crippen molar-refractivity contribution in [2.75, 3.05) is 0 Å². The van der Waals surface area contributed by atoms with Gasteiger partial charge in [-0.2, -0.15) is 4.80 Å². The molecule has 0 fully saturated rings. The molecule has 25 heavy (non-hydrogen) atoms. The minimum absolute atomic E-state index is 0.122. The number of nitrogens with zero attached hydrogens (tertiary/aromatic N) is 6. The van der Waals surface area contributed by atoms with Gasteiger partial charge >= 0.3 is 0 Å².